The molecule has 0 radical (unpaired) electrons. The Morgan fingerprint density at radius 1 is 1.44 bits per heavy atom. The van der Waals surface area contributed by atoms with Gasteiger partial charge in [0.1, 0.15) is 5.82 Å². The summed E-state index contributed by atoms with van der Waals surface area (Å²) in [5, 5.41) is 5.51. The first-order valence-corrected chi connectivity index (χ1v) is 7.79. The molecule has 2 heterocycles. The van der Waals surface area contributed by atoms with Gasteiger partial charge >= 0.3 is 0 Å². The van der Waals surface area contributed by atoms with Crippen LogP contribution in [-0.4, -0.2) is 10.7 Å². The van der Waals surface area contributed by atoms with E-state index in [0.717, 1.165) is 34.9 Å². The highest BCUT2D eigenvalue weighted by molar-refractivity contribution is 7.99. The highest BCUT2D eigenvalue weighted by Crippen LogP contribution is 2.37. The second-order valence-electron chi connectivity index (χ2n) is 4.21. The van der Waals surface area contributed by atoms with E-state index in [4.69, 9.17) is 0 Å². The molecule has 1 unspecified atom stereocenters. The number of aromatic nitrogens is 1. The maximum atomic E-state index is 13.7. The lowest BCUT2D eigenvalue weighted by atomic mass is 10.0. The van der Waals surface area contributed by atoms with Gasteiger partial charge in [0.2, 0.25) is 0 Å². The SMILES string of the molecule is Fc1cccc2c1SCCC2NCc1cscn1. The lowest BCUT2D eigenvalue weighted by Gasteiger charge is -2.26. The van der Waals surface area contributed by atoms with Gasteiger partial charge in [-0.05, 0) is 23.8 Å². The Balaban J connectivity index is 1.77. The van der Waals surface area contributed by atoms with E-state index in [0.29, 0.717) is 0 Å². The first-order chi connectivity index (χ1) is 8.84. The molecule has 1 aromatic heterocycles. The summed E-state index contributed by atoms with van der Waals surface area (Å²) in [5.41, 5.74) is 3.97. The average molecular weight is 280 g/mol. The van der Waals surface area contributed by atoms with Gasteiger partial charge in [-0.15, -0.1) is 23.1 Å². The molecule has 94 valence electrons. The molecule has 0 spiro atoms. The highest BCUT2D eigenvalue weighted by Gasteiger charge is 2.22. The summed E-state index contributed by atoms with van der Waals surface area (Å²) in [6, 6.07) is 5.58. The fourth-order valence-electron chi connectivity index (χ4n) is 2.15. The van der Waals surface area contributed by atoms with Crippen LogP contribution in [0.1, 0.15) is 23.7 Å². The van der Waals surface area contributed by atoms with Gasteiger partial charge in [0.05, 0.1) is 11.2 Å². The predicted molar refractivity (Wildman–Crippen MR) is 73.4 cm³/mol. The maximum Gasteiger partial charge on any atom is 0.137 e. The number of rotatable bonds is 3. The zero-order valence-corrected chi connectivity index (χ0v) is 11.4. The molecule has 2 aromatic rings. The molecule has 5 heteroatoms. The van der Waals surface area contributed by atoms with Crippen molar-refractivity contribution >= 4 is 23.1 Å². The number of thioether (sulfide) groups is 1. The number of hydrogen-bond acceptors (Lipinski definition) is 4. The largest absolute Gasteiger partial charge is 0.304 e. The number of benzene rings is 1. The summed E-state index contributed by atoms with van der Waals surface area (Å²) in [6.45, 7) is 0.745. The smallest absolute Gasteiger partial charge is 0.137 e. The molecule has 0 fully saturated rings. The summed E-state index contributed by atoms with van der Waals surface area (Å²) in [4.78, 5) is 5.06. The topological polar surface area (TPSA) is 24.9 Å². The molecule has 0 bridgehead atoms. The Bertz CT molecular complexity index is 528. The fourth-order valence-corrected chi connectivity index (χ4v) is 3.85. The number of thiazole rings is 1. The van der Waals surface area contributed by atoms with E-state index in [1.807, 2.05) is 17.0 Å². The molecule has 1 aliphatic rings. The summed E-state index contributed by atoms with van der Waals surface area (Å²) >= 11 is 3.21. The second kappa shape index (κ2) is 5.38. The van der Waals surface area contributed by atoms with Crippen LogP contribution in [0.2, 0.25) is 0 Å². The van der Waals surface area contributed by atoms with Crippen LogP contribution in [0.15, 0.2) is 34.0 Å². The van der Waals surface area contributed by atoms with Crippen LogP contribution in [0, 0.1) is 5.82 Å². The Morgan fingerprint density at radius 3 is 3.22 bits per heavy atom. The second-order valence-corrected chi connectivity index (χ2v) is 6.03. The van der Waals surface area contributed by atoms with Crippen LogP contribution in [0.5, 0.6) is 0 Å². The number of nitrogens with one attached hydrogen (secondary N) is 1. The van der Waals surface area contributed by atoms with Crippen molar-refractivity contribution < 1.29 is 4.39 Å². The lowest BCUT2D eigenvalue weighted by molar-refractivity contribution is 0.493. The summed E-state index contributed by atoms with van der Waals surface area (Å²) in [7, 11) is 0. The third-order valence-electron chi connectivity index (χ3n) is 3.04. The summed E-state index contributed by atoms with van der Waals surface area (Å²) in [5.74, 6) is 0.862. The van der Waals surface area contributed by atoms with Crippen molar-refractivity contribution in [1.82, 2.24) is 10.3 Å². The van der Waals surface area contributed by atoms with Gasteiger partial charge in [-0.3, -0.25) is 0 Å². The molecule has 1 aromatic carbocycles. The first-order valence-electron chi connectivity index (χ1n) is 5.86. The Labute approximate surface area is 114 Å². The van der Waals surface area contributed by atoms with Crippen LogP contribution < -0.4 is 5.32 Å². The minimum absolute atomic E-state index is 0.0994. The van der Waals surface area contributed by atoms with Gasteiger partial charge in [0.15, 0.2) is 0 Å². The van der Waals surface area contributed by atoms with E-state index >= 15 is 0 Å². The van der Waals surface area contributed by atoms with Gasteiger partial charge in [-0.25, -0.2) is 9.37 Å². The van der Waals surface area contributed by atoms with Crippen LogP contribution in [0.25, 0.3) is 0 Å². The van der Waals surface area contributed by atoms with Gasteiger partial charge in [0, 0.05) is 22.9 Å². The summed E-state index contributed by atoms with van der Waals surface area (Å²) in [6.07, 6.45) is 1.03. The zero-order chi connectivity index (χ0) is 12.4. The van der Waals surface area contributed by atoms with Crippen molar-refractivity contribution in [3.8, 4) is 0 Å². The number of fused-ring (bicyclic) bond motifs is 1. The number of hydrogen-bond donors (Lipinski definition) is 1. The third-order valence-corrected chi connectivity index (χ3v) is 4.83. The van der Waals surface area contributed by atoms with E-state index in [9.17, 15) is 4.39 Å². The van der Waals surface area contributed by atoms with Gasteiger partial charge in [-0.1, -0.05) is 12.1 Å². The minimum atomic E-state index is -0.0994. The Hall–Kier alpha value is -0.910. The van der Waals surface area contributed by atoms with Crippen LogP contribution in [0.3, 0.4) is 0 Å². The molecule has 2 nitrogen and oxygen atoms in total. The molecule has 0 saturated carbocycles. The van der Waals surface area contributed by atoms with Gasteiger partial charge in [0.25, 0.3) is 0 Å². The van der Waals surface area contributed by atoms with Gasteiger partial charge < -0.3 is 5.32 Å². The Kier molecular flexibility index (Phi) is 3.63. The number of halogens is 1. The molecule has 18 heavy (non-hydrogen) atoms. The van der Waals surface area contributed by atoms with Crippen molar-refractivity contribution in [1.29, 1.82) is 0 Å². The van der Waals surface area contributed by atoms with E-state index in [-0.39, 0.29) is 11.9 Å². The fraction of sp³-hybridized carbons (Fsp3) is 0.308. The summed E-state index contributed by atoms with van der Waals surface area (Å²) < 4.78 is 13.7. The molecule has 0 aliphatic carbocycles. The molecule has 3 rings (SSSR count). The van der Waals surface area contributed by atoms with Crippen molar-refractivity contribution in [2.24, 2.45) is 0 Å². The lowest BCUT2D eigenvalue weighted by Crippen LogP contribution is -2.24. The predicted octanol–water partition coefficient (Wildman–Crippen LogP) is 3.61. The minimum Gasteiger partial charge on any atom is -0.304 e. The van der Waals surface area contributed by atoms with Crippen LogP contribution >= 0.6 is 23.1 Å². The van der Waals surface area contributed by atoms with Crippen molar-refractivity contribution in [2.75, 3.05) is 5.75 Å². The van der Waals surface area contributed by atoms with E-state index < -0.39 is 0 Å². The monoisotopic (exact) mass is 280 g/mol. The van der Waals surface area contributed by atoms with E-state index in [1.165, 1.54) is 6.07 Å². The first kappa shape index (κ1) is 12.1. The Morgan fingerprint density at radius 2 is 2.39 bits per heavy atom. The van der Waals surface area contributed by atoms with E-state index in [2.05, 4.69) is 10.3 Å². The standard InChI is InChI=1S/C13H13FN2S2/c14-11-3-1-2-10-12(4-5-18-13(10)11)15-6-9-7-17-8-16-9/h1-3,7-8,12,15H,4-6H2. The van der Waals surface area contributed by atoms with E-state index in [1.54, 1.807) is 29.2 Å². The zero-order valence-electron chi connectivity index (χ0n) is 9.73. The third kappa shape index (κ3) is 2.43. The molecular weight excluding hydrogens is 267 g/mol. The molecule has 0 saturated heterocycles. The quantitative estimate of drug-likeness (QED) is 0.929. The molecule has 0 amide bonds. The van der Waals surface area contributed by atoms with Crippen LogP contribution in [0.4, 0.5) is 4.39 Å². The highest BCUT2D eigenvalue weighted by atomic mass is 32.2. The van der Waals surface area contributed by atoms with Crippen LogP contribution in [-0.2, 0) is 6.54 Å². The van der Waals surface area contributed by atoms with Crippen molar-refractivity contribution in [3.05, 3.63) is 46.2 Å². The molecule has 1 N–H and O–H groups in total. The van der Waals surface area contributed by atoms with Gasteiger partial charge in [-0.2, -0.15) is 0 Å². The van der Waals surface area contributed by atoms with Crippen molar-refractivity contribution in [3.63, 3.8) is 0 Å². The molecule has 1 aliphatic heterocycles. The molecule has 1 atom stereocenters. The normalized spacial score (nSPS) is 18.6. The number of nitrogens with zero attached hydrogens (tertiary/aromatic N) is 1. The molecular formula is C13H13FN2S2. The average Bonchev–Trinajstić information content (AvgIpc) is 2.90. The maximum absolute atomic E-state index is 13.7. The van der Waals surface area contributed by atoms with Crippen molar-refractivity contribution in [2.45, 2.75) is 23.9 Å².